The molecule has 1 N–H and O–H groups in total. The molecule has 0 unspecified atom stereocenters. The third-order valence-corrected chi connectivity index (χ3v) is 4.47. The molecule has 0 spiro atoms. The summed E-state index contributed by atoms with van der Waals surface area (Å²) >= 11 is 5.80. The van der Waals surface area contributed by atoms with Crippen LogP contribution in [-0.2, 0) is 4.79 Å². The van der Waals surface area contributed by atoms with Gasteiger partial charge in [-0.1, -0.05) is 36.6 Å². The van der Waals surface area contributed by atoms with Crippen molar-refractivity contribution < 1.29 is 4.79 Å². The van der Waals surface area contributed by atoms with E-state index in [4.69, 9.17) is 11.6 Å². The highest BCUT2D eigenvalue weighted by molar-refractivity contribution is 6.30. The molecule has 0 aromatic heterocycles. The lowest BCUT2D eigenvalue weighted by Gasteiger charge is -2.04. The fraction of sp³-hybridized carbons (Fsp3) is 0.467. The molecule has 2 aliphatic rings. The van der Waals surface area contributed by atoms with E-state index in [9.17, 15) is 4.79 Å². The average Bonchev–Trinajstić information content (AvgIpc) is 3.15. The van der Waals surface area contributed by atoms with Gasteiger partial charge in [0.05, 0.1) is 6.21 Å². The molecule has 0 heterocycles. The lowest BCUT2D eigenvalue weighted by atomic mass is 10.0. The van der Waals surface area contributed by atoms with Crippen molar-refractivity contribution in [1.29, 1.82) is 0 Å². The van der Waals surface area contributed by atoms with Crippen LogP contribution in [0.25, 0.3) is 0 Å². The van der Waals surface area contributed by atoms with E-state index < -0.39 is 0 Å². The van der Waals surface area contributed by atoms with Crippen molar-refractivity contribution in [2.45, 2.75) is 25.7 Å². The molecule has 19 heavy (non-hydrogen) atoms. The van der Waals surface area contributed by atoms with Crippen LogP contribution in [0.3, 0.4) is 0 Å². The zero-order valence-corrected chi connectivity index (χ0v) is 11.4. The highest BCUT2D eigenvalue weighted by atomic mass is 35.5. The molecule has 0 aliphatic heterocycles. The van der Waals surface area contributed by atoms with Gasteiger partial charge in [-0.2, -0.15) is 5.10 Å². The van der Waals surface area contributed by atoms with Crippen molar-refractivity contribution in [3.05, 3.63) is 34.9 Å². The Labute approximate surface area is 118 Å². The van der Waals surface area contributed by atoms with E-state index in [0.29, 0.717) is 16.9 Å². The second-order valence-corrected chi connectivity index (χ2v) is 5.86. The van der Waals surface area contributed by atoms with Gasteiger partial charge in [-0.05, 0) is 42.4 Å². The Morgan fingerprint density at radius 2 is 1.84 bits per heavy atom. The Balaban J connectivity index is 1.52. The van der Waals surface area contributed by atoms with Gasteiger partial charge in [0.25, 0.3) is 0 Å². The number of carbonyl (C=O) groups is 1. The number of hydrazone groups is 1. The molecule has 1 aromatic carbocycles. The normalized spacial score (nSPS) is 29.0. The van der Waals surface area contributed by atoms with Crippen molar-refractivity contribution in [3.63, 3.8) is 0 Å². The molecule has 4 heteroatoms. The van der Waals surface area contributed by atoms with Gasteiger partial charge >= 0.3 is 0 Å². The Morgan fingerprint density at radius 3 is 2.47 bits per heavy atom. The number of fused-ring (bicyclic) bond motifs is 1. The summed E-state index contributed by atoms with van der Waals surface area (Å²) in [4.78, 5) is 12.0. The Kier molecular flexibility index (Phi) is 3.56. The third-order valence-electron chi connectivity index (χ3n) is 4.22. The minimum atomic E-state index is 0.0853. The largest absolute Gasteiger partial charge is 0.273 e. The van der Waals surface area contributed by atoms with Crippen LogP contribution in [0.15, 0.2) is 29.4 Å². The number of nitrogens with one attached hydrogen (secondary N) is 1. The molecule has 0 radical (unpaired) electrons. The number of benzene rings is 1. The molecule has 1 aromatic rings. The number of carbonyl (C=O) groups excluding carboxylic acids is 1. The predicted molar refractivity (Wildman–Crippen MR) is 76.1 cm³/mol. The smallest absolute Gasteiger partial charge is 0.243 e. The quantitative estimate of drug-likeness (QED) is 0.668. The number of halogens is 1. The van der Waals surface area contributed by atoms with Crippen LogP contribution >= 0.6 is 11.6 Å². The summed E-state index contributed by atoms with van der Waals surface area (Å²) in [6.07, 6.45) is 6.63. The number of hydrogen-bond donors (Lipinski definition) is 1. The number of rotatable bonds is 3. The minimum absolute atomic E-state index is 0.0853. The SMILES string of the molecule is O=C(N/N=C\c1ccc(Cl)cc1)C1[C@H]2CCCC[C@H]12. The van der Waals surface area contributed by atoms with Crippen molar-refractivity contribution in [3.8, 4) is 0 Å². The molecule has 2 atom stereocenters. The highest BCUT2D eigenvalue weighted by Crippen LogP contribution is 2.55. The monoisotopic (exact) mass is 276 g/mol. The zero-order valence-electron chi connectivity index (χ0n) is 10.7. The maximum absolute atomic E-state index is 12.0. The molecule has 0 bridgehead atoms. The van der Waals surface area contributed by atoms with E-state index in [2.05, 4.69) is 10.5 Å². The molecule has 3 rings (SSSR count). The summed E-state index contributed by atoms with van der Waals surface area (Å²) in [7, 11) is 0. The molecule has 0 saturated heterocycles. The Bertz CT molecular complexity index is 485. The van der Waals surface area contributed by atoms with Crippen LogP contribution in [0, 0.1) is 17.8 Å². The molecule has 1 amide bonds. The first-order valence-corrected chi connectivity index (χ1v) is 7.22. The van der Waals surface area contributed by atoms with Gasteiger partial charge in [-0.3, -0.25) is 4.79 Å². The van der Waals surface area contributed by atoms with Crippen LogP contribution in [-0.4, -0.2) is 12.1 Å². The third kappa shape index (κ3) is 2.81. The average molecular weight is 277 g/mol. The van der Waals surface area contributed by atoms with Crippen LogP contribution in [0.2, 0.25) is 5.02 Å². The Morgan fingerprint density at radius 1 is 1.21 bits per heavy atom. The van der Waals surface area contributed by atoms with Gasteiger partial charge in [0.2, 0.25) is 5.91 Å². The number of nitrogens with zero attached hydrogens (tertiary/aromatic N) is 1. The summed E-state index contributed by atoms with van der Waals surface area (Å²) in [6.45, 7) is 0. The number of amides is 1. The maximum Gasteiger partial charge on any atom is 0.243 e. The fourth-order valence-corrected chi connectivity index (χ4v) is 3.30. The first-order valence-electron chi connectivity index (χ1n) is 6.84. The van der Waals surface area contributed by atoms with Crippen molar-refractivity contribution in [2.24, 2.45) is 22.9 Å². The molecule has 2 saturated carbocycles. The lowest BCUT2D eigenvalue weighted by Crippen LogP contribution is -2.20. The molecular weight excluding hydrogens is 260 g/mol. The van der Waals surface area contributed by atoms with E-state index in [1.54, 1.807) is 18.3 Å². The summed E-state index contributed by atoms with van der Waals surface area (Å²) in [5, 5.41) is 4.72. The van der Waals surface area contributed by atoms with Crippen LogP contribution in [0.4, 0.5) is 0 Å². The maximum atomic E-state index is 12.0. The molecule has 3 nitrogen and oxygen atoms in total. The van der Waals surface area contributed by atoms with Gasteiger partial charge in [0, 0.05) is 10.9 Å². The first-order chi connectivity index (χ1) is 9.25. The molecule has 2 fully saturated rings. The van der Waals surface area contributed by atoms with E-state index in [-0.39, 0.29) is 11.8 Å². The highest BCUT2D eigenvalue weighted by Gasteiger charge is 2.54. The molecule has 2 aliphatic carbocycles. The van der Waals surface area contributed by atoms with E-state index in [0.717, 1.165) is 5.56 Å². The van der Waals surface area contributed by atoms with Gasteiger partial charge in [-0.15, -0.1) is 0 Å². The Hall–Kier alpha value is -1.35. The second-order valence-electron chi connectivity index (χ2n) is 5.42. The molecule has 100 valence electrons. The standard InChI is InChI=1S/C15H17ClN2O/c16-11-7-5-10(6-8-11)9-17-18-15(19)14-12-3-1-2-4-13(12)14/h5-9,12-14H,1-4H2,(H,18,19)/b17-9-/t12-,13-/m0/s1. The van der Waals surface area contributed by atoms with Gasteiger partial charge < -0.3 is 0 Å². The summed E-state index contributed by atoms with van der Waals surface area (Å²) in [6, 6.07) is 7.35. The summed E-state index contributed by atoms with van der Waals surface area (Å²) in [5.74, 6) is 1.55. The second kappa shape index (κ2) is 5.33. The summed E-state index contributed by atoms with van der Waals surface area (Å²) in [5.41, 5.74) is 3.59. The first kappa shape index (κ1) is 12.7. The zero-order chi connectivity index (χ0) is 13.2. The van der Waals surface area contributed by atoms with Crippen molar-refractivity contribution >= 4 is 23.7 Å². The van der Waals surface area contributed by atoms with Crippen LogP contribution in [0.1, 0.15) is 31.2 Å². The molecular formula is C15H17ClN2O. The van der Waals surface area contributed by atoms with Gasteiger partial charge in [0.15, 0.2) is 0 Å². The lowest BCUT2D eigenvalue weighted by molar-refractivity contribution is -0.122. The summed E-state index contributed by atoms with van der Waals surface area (Å²) < 4.78 is 0. The van der Waals surface area contributed by atoms with E-state index >= 15 is 0 Å². The number of hydrogen-bond acceptors (Lipinski definition) is 2. The van der Waals surface area contributed by atoms with Gasteiger partial charge in [0.1, 0.15) is 0 Å². The van der Waals surface area contributed by atoms with Crippen molar-refractivity contribution in [1.82, 2.24) is 5.43 Å². The minimum Gasteiger partial charge on any atom is -0.273 e. The van der Waals surface area contributed by atoms with E-state index in [1.165, 1.54) is 25.7 Å². The fourth-order valence-electron chi connectivity index (χ4n) is 3.18. The van der Waals surface area contributed by atoms with E-state index in [1.807, 2.05) is 12.1 Å². The topological polar surface area (TPSA) is 41.5 Å². The van der Waals surface area contributed by atoms with Crippen LogP contribution < -0.4 is 5.43 Å². The van der Waals surface area contributed by atoms with Gasteiger partial charge in [-0.25, -0.2) is 5.43 Å². The van der Waals surface area contributed by atoms with Crippen LogP contribution in [0.5, 0.6) is 0 Å². The predicted octanol–water partition coefficient (Wildman–Crippen LogP) is 3.23. The van der Waals surface area contributed by atoms with Crippen molar-refractivity contribution in [2.75, 3.05) is 0 Å².